The molecule has 0 aromatic carbocycles. The Balaban J connectivity index is 1.82. The second-order valence-electron chi connectivity index (χ2n) is 6.06. The molecule has 1 unspecified atom stereocenters. The Morgan fingerprint density at radius 2 is 2.26 bits per heavy atom. The van der Waals surface area contributed by atoms with Crippen LogP contribution in [0, 0.1) is 17.4 Å². The summed E-state index contributed by atoms with van der Waals surface area (Å²) < 4.78 is 14.9. The third-order valence-corrected chi connectivity index (χ3v) is 5.06. The highest BCUT2D eigenvalue weighted by Gasteiger charge is 2.75. The lowest BCUT2D eigenvalue weighted by Gasteiger charge is -2.23. The maximum atomic E-state index is 13.5. The van der Waals surface area contributed by atoms with Gasteiger partial charge in [0.2, 0.25) is 5.91 Å². The van der Waals surface area contributed by atoms with Gasteiger partial charge in [-0.15, -0.1) is 0 Å². The molecule has 4 rings (SSSR count). The molecule has 0 aliphatic heterocycles. The van der Waals surface area contributed by atoms with E-state index in [0.717, 1.165) is 0 Å². The second kappa shape index (κ2) is 4.36. The zero-order valence-corrected chi connectivity index (χ0v) is 12.1. The number of amides is 1. The van der Waals surface area contributed by atoms with Crippen LogP contribution in [0.5, 0.6) is 0 Å². The summed E-state index contributed by atoms with van der Waals surface area (Å²) in [5, 5.41) is 23.2. The van der Waals surface area contributed by atoms with Gasteiger partial charge in [-0.05, 0) is 6.42 Å². The number of aromatic nitrogens is 4. The van der Waals surface area contributed by atoms with E-state index in [9.17, 15) is 19.4 Å². The van der Waals surface area contributed by atoms with Crippen molar-refractivity contribution < 1.29 is 19.4 Å². The van der Waals surface area contributed by atoms with Gasteiger partial charge in [-0.3, -0.25) is 4.79 Å². The topological polar surface area (TPSA) is 139 Å². The van der Waals surface area contributed by atoms with Crippen molar-refractivity contribution in [2.24, 2.45) is 11.3 Å². The lowest BCUT2D eigenvalue weighted by molar-refractivity contribution is -0.132. The third-order valence-electron chi connectivity index (χ3n) is 5.06. The van der Waals surface area contributed by atoms with E-state index in [2.05, 4.69) is 20.3 Å². The fourth-order valence-electron chi connectivity index (χ4n) is 3.92. The molecule has 0 bridgehead atoms. The average molecular weight is 322 g/mol. The zero-order valence-electron chi connectivity index (χ0n) is 12.1. The minimum absolute atomic E-state index is 0.104. The van der Waals surface area contributed by atoms with E-state index in [1.165, 1.54) is 17.9 Å². The van der Waals surface area contributed by atoms with E-state index < -0.39 is 29.7 Å². The summed E-state index contributed by atoms with van der Waals surface area (Å²) in [6.07, 6.45) is -1.61. The quantitative estimate of drug-likeness (QED) is 0.497. The van der Waals surface area contributed by atoms with Crippen molar-refractivity contribution in [1.29, 1.82) is 0 Å². The van der Waals surface area contributed by atoms with E-state index in [0.29, 0.717) is 6.42 Å². The van der Waals surface area contributed by atoms with Crippen LogP contribution in [0.25, 0.3) is 11.2 Å². The van der Waals surface area contributed by atoms with Crippen LogP contribution in [0.1, 0.15) is 12.5 Å². The fourth-order valence-corrected chi connectivity index (χ4v) is 3.92. The Labute approximate surface area is 129 Å². The van der Waals surface area contributed by atoms with Crippen molar-refractivity contribution in [2.45, 2.75) is 24.7 Å². The van der Waals surface area contributed by atoms with Gasteiger partial charge >= 0.3 is 6.08 Å². The van der Waals surface area contributed by atoms with Gasteiger partial charge in [0.15, 0.2) is 11.5 Å². The number of carbonyl (C=O) groups is 1. The number of imidazole rings is 1. The Kier molecular flexibility index (Phi) is 2.70. The molecule has 2 aromatic rings. The van der Waals surface area contributed by atoms with E-state index in [-0.39, 0.29) is 28.8 Å². The number of nitrogens with two attached hydrogens (primary N) is 1. The molecule has 2 aliphatic carbocycles. The third kappa shape index (κ3) is 1.61. The molecule has 122 valence electrons. The Morgan fingerprint density at radius 1 is 1.52 bits per heavy atom. The van der Waals surface area contributed by atoms with E-state index in [1.54, 1.807) is 0 Å². The first kappa shape index (κ1) is 14.3. The van der Waals surface area contributed by atoms with E-state index in [4.69, 9.17) is 5.73 Å². The van der Waals surface area contributed by atoms with Gasteiger partial charge in [0, 0.05) is 13.0 Å². The van der Waals surface area contributed by atoms with Gasteiger partial charge in [0.05, 0.1) is 23.9 Å². The molecule has 5 atom stereocenters. The van der Waals surface area contributed by atoms with Crippen LogP contribution in [0.4, 0.5) is 10.2 Å². The number of fused-ring (bicyclic) bond motifs is 2. The van der Waals surface area contributed by atoms with Gasteiger partial charge in [-0.25, -0.2) is 4.98 Å². The fraction of sp³-hybridized carbons (Fsp3) is 0.538. The minimum Gasteiger partial charge on any atom is -0.389 e. The first-order valence-corrected chi connectivity index (χ1v) is 7.15. The Morgan fingerprint density at radius 3 is 2.96 bits per heavy atom. The SMILES string of the molecule is CNC(=O)[C@@]12C[C@@H]1[C@@H](n1cnc3c(N)nc(F)nc31)[C@@H](O)C2O. The molecular weight excluding hydrogens is 307 g/mol. The van der Waals surface area contributed by atoms with Crippen LogP contribution in [0.3, 0.4) is 0 Å². The van der Waals surface area contributed by atoms with Crippen molar-refractivity contribution in [3.05, 3.63) is 12.4 Å². The molecule has 2 saturated carbocycles. The highest BCUT2D eigenvalue weighted by molar-refractivity contribution is 5.88. The average Bonchev–Trinajstić information content (AvgIpc) is 3.05. The molecule has 2 aliphatic rings. The maximum absolute atomic E-state index is 13.5. The Bertz CT molecular complexity index is 825. The van der Waals surface area contributed by atoms with Gasteiger partial charge in [-0.1, -0.05) is 0 Å². The molecule has 10 heteroatoms. The van der Waals surface area contributed by atoms with Crippen molar-refractivity contribution in [3.8, 4) is 0 Å². The minimum atomic E-state index is -1.21. The molecule has 23 heavy (non-hydrogen) atoms. The number of carbonyl (C=O) groups excluding carboxylic acids is 1. The lowest BCUT2D eigenvalue weighted by atomic mass is 9.98. The second-order valence-corrected chi connectivity index (χ2v) is 6.06. The van der Waals surface area contributed by atoms with Gasteiger partial charge < -0.3 is 25.8 Å². The van der Waals surface area contributed by atoms with Crippen molar-refractivity contribution >= 4 is 22.9 Å². The van der Waals surface area contributed by atoms with Crippen LogP contribution in [0.15, 0.2) is 6.33 Å². The highest BCUT2D eigenvalue weighted by atomic mass is 19.1. The van der Waals surface area contributed by atoms with Gasteiger partial charge in [0.25, 0.3) is 0 Å². The number of nitrogens with zero attached hydrogens (tertiary/aromatic N) is 4. The summed E-state index contributed by atoms with van der Waals surface area (Å²) in [6, 6.07) is -0.638. The monoisotopic (exact) mass is 322 g/mol. The van der Waals surface area contributed by atoms with Crippen LogP contribution in [0.2, 0.25) is 0 Å². The number of nitrogens with one attached hydrogen (secondary N) is 1. The lowest BCUT2D eigenvalue weighted by Crippen LogP contribution is -2.41. The molecular formula is C13H15FN6O3. The van der Waals surface area contributed by atoms with Crippen LogP contribution in [-0.2, 0) is 4.79 Å². The van der Waals surface area contributed by atoms with Crippen LogP contribution in [-0.4, -0.2) is 54.9 Å². The molecule has 0 radical (unpaired) electrons. The Hall–Kier alpha value is -2.33. The molecule has 9 nitrogen and oxygen atoms in total. The summed E-state index contributed by atoms with van der Waals surface area (Å²) in [5.41, 5.74) is 4.95. The number of anilines is 1. The summed E-state index contributed by atoms with van der Waals surface area (Å²) in [4.78, 5) is 23.3. The number of aliphatic hydroxyl groups excluding tert-OH is 2. The number of nitrogen functional groups attached to an aromatic ring is 1. The summed E-state index contributed by atoms with van der Waals surface area (Å²) in [5.74, 6) is -0.710. The van der Waals surface area contributed by atoms with E-state index in [1.807, 2.05) is 0 Å². The normalized spacial score (nSPS) is 35.3. The molecule has 1 amide bonds. The van der Waals surface area contributed by atoms with Crippen LogP contribution < -0.4 is 11.1 Å². The molecule has 2 fully saturated rings. The van der Waals surface area contributed by atoms with Crippen LogP contribution >= 0.6 is 0 Å². The van der Waals surface area contributed by atoms with Gasteiger partial charge in [-0.2, -0.15) is 14.4 Å². The largest absolute Gasteiger partial charge is 0.389 e. The summed E-state index contributed by atoms with van der Waals surface area (Å²) >= 11 is 0. The molecule has 5 N–H and O–H groups in total. The van der Waals surface area contributed by atoms with Gasteiger partial charge in [0.1, 0.15) is 11.6 Å². The smallest absolute Gasteiger partial charge is 0.312 e. The number of hydrogen-bond donors (Lipinski definition) is 4. The maximum Gasteiger partial charge on any atom is 0.312 e. The van der Waals surface area contributed by atoms with Crippen molar-refractivity contribution in [1.82, 2.24) is 24.8 Å². The zero-order chi connectivity index (χ0) is 16.5. The van der Waals surface area contributed by atoms with Crippen molar-refractivity contribution in [2.75, 3.05) is 12.8 Å². The first-order valence-electron chi connectivity index (χ1n) is 7.15. The number of aliphatic hydroxyl groups is 2. The number of rotatable bonds is 2. The van der Waals surface area contributed by atoms with E-state index >= 15 is 0 Å². The standard InChI is InChI=1S/C13H15FN6O3/c1-16-11(23)13-2-4(13)6(7(21)8(13)22)20-3-17-5-9(15)18-12(14)19-10(5)20/h3-4,6-8,21-22H,2H2,1H3,(H,16,23)(H2,15,18,19)/t4-,6-,7-,8?,13+/m1/s1. The summed E-state index contributed by atoms with van der Waals surface area (Å²) in [7, 11) is 1.48. The summed E-state index contributed by atoms with van der Waals surface area (Å²) in [6.45, 7) is 0. The molecule has 0 saturated heterocycles. The highest BCUT2D eigenvalue weighted by Crippen LogP contribution is 2.67. The molecule has 2 heterocycles. The van der Waals surface area contributed by atoms with Crippen molar-refractivity contribution in [3.63, 3.8) is 0 Å². The number of hydrogen-bond acceptors (Lipinski definition) is 7. The predicted molar refractivity (Wildman–Crippen MR) is 75.4 cm³/mol. The molecule has 2 aromatic heterocycles. The molecule has 0 spiro atoms. The first-order chi connectivity index (χ1) is 10.9. The number of halogens is 1. The predicted octanol–water partition coefficient (Wildman–Crippen LogP) is -1.42.